The molecule has 0 radical (unpaired) electrons. The SMILES string of the molecule is CCCn1nc(C(=O)NCCC(O)CC)ccc1=O. The number of aliphatic hydroxyl groups excluding tert-OH is 1. The third-order valence-corrected chi connectivity index (χ3v) is 2.77. The van der Waals surface area contributed by atoms with Crippen molar-refractivity contribution in [3.63, 3.8) is 0 Å². The summed E-state index contributed by atoms with van der Waals surface area (Å²) in [5.41, 5.74) is 0.0128. The third kappa shape index (κ3) is 4.82. The molecule has 6 nitrogen and oxygen atoms in total. The fourth-order valence-electron chi connectivity index (χ4n) is 1.59. The van der Waals surface area contributed by atoms with E-state index < -0.39 is 6.10 Å². The van der Waals surface area contributed by atoms with Crippen molar-refractivity contribution >= 4 is 5.91 Å². The fraction of sp³-hybridized carbons (Fsp3) is 0.615. The molecular formula is C13H21N3O3. The van der Waals surface area contributed by atoms with Gasteiger partial charge in [-0.25, -0.2) is 4.68 Å². The molecule has 0 fully saturated rings. The second-order valence-electron chi connectivity index (χ2n) is 4.39. The first-order chi connectivity index (χ1) is 9.08. The van der Waals surface area contributed by atoms with Crippen LogP contribution in [0.15, 0.2) is 16.9 Å². The van der Waals surface area contributed by atoms with Gasteiger partial charge in [0.15, 0.2) is 0 Å². The lowest BCUT2D eigenvalue weighted by Gasteiger charge is -2.09. The van der Waals surface area contributed by atoms with Gasteiger partial charge in [0.05, 0.1) is 6.10 Å². The van der Waals surface area contributed by atoms with Gasteiger partial charge >= 0.3 is 0 Å². The second kappa shape index (κ2) is 7.68. The summed E-state index contributed by atoms with van der Waals surface area (Å²) in [7, 11) is 0. The molecule has 1 atom stereocenters. The molecule has 1 aromatic heterocycles. The van der Waals surface area contributed by atoms with Crippen LogP contribution in [0.1, 0.15) is 43.6 Å². The van der Waals surface area contributed by atoms with Crippen molar-refractivity contribution in [2.45, 2.75) is 45.8 Å². The molecule has 0 saturated carbocycles. The fourth-order valence-corrected chi connectivity index (χ4v) is 1.59. The number of aromatic nitrogens is 2. The highest BCUT2D eigenvalue weighted by atomic mass is 16.3. The quantitative estimate of drug-likeness (QED) is 0.755. The summed E-state index contributed by atoms with van der Waals surface area (Å²) < 4.78 is 1.29. The number of aryl methyl sites for hydroxylation is 1. The van der Waals surface area contributed by atoms with Crippen LogP contribution in [-0.2, 0) is 6.54 Å². The van der Waals surface area contributed by atoms with Crippen molar-refractivity contribution in [3.8, 4) is 0 Å². The summed E-state index contributed by atoms with van der Waals surface area (Å²) in [4.78, 5) is 23.3. The zero-order valence-corrected chi connectivity index (χ0v) is 11.4. The van der Waals surface area contributed by atoms with Gasteiger partial charge in [0.1, 0.15) is 5.69 Å². The first kappa shape index (κ1) is 15.4. The minimum Gasteiger partial charge on any atom is -0.393 e. The maximum Gasteiger partial charge on any atom is 0.271 e. The maximum atomic E-state index is 11.8. The van der Waals surface area contributed by atoms with Crippen LogP contribution in [0.2, 0.25) is 0 Å². The van der Waals surface area contributed by atoms with Crippen molar-refractivity contribution < 1.29 is 9.90 Å². The molecule has 0 aliphatic carbocycles. The summed E-state index contributed by atoms with van der Waals surface area (Å²) in [6, 6.07) is 2.76. The van der Waals surface area contributed by atoms with Gasteiger partial charge in [0, 0.05) is 19.2 Å². The lowest BCUT2D eigenvalue weighted by atomic mass is 10.2. The Hall–Kier alpha value is -1.69. The largest absolute Gasteiger partial charge is 0.393 e. The summed E-state index contributed by atoms with van der Waals surface area (Å²) in [6.45, 7) is 4.71. The molecule has 0 bridgehead atoms. The van der Waals surface area contributed by atoms with Crippen LogP contribution in [-0.4, -0.2) is 33.4 Å². The molecule has 1 aromatic rings. The van der Waals surface area contributed by atoms with Gasteiger partial charge in [-0.1, -0.05) is 13.8 Å². The molecule has 0 aliphatic heterocycles. The normalized spacial score (nSPS) is 12.2. The summed E-state index contributed by atoms with van der Waals surface area (Å²) in [6.07, 6.45) is 1.55. The second-order valence-corrected chi connectivity index (χ2v) is 4.39. The van der Waals surface area contributed by atoms with E-state index in [1.807, 2.05) is 13.8 Å². The van der Waals surface area contributed by atoms with Crippen LogP contribution in [0, 0.1) is 0 Å². The van der Waals surface area contributed by atoms with Gasteiger partial charge in [-0.2, -0.15) is 5.10 Å². The zero-order valence-electron chi connectivity index (χ0n) is 11.4. The molecule has 19 heavy (non-hydrogen) atoms. The minimum atomic E-state index is -0.401. The Balaban J connectivity index is 2.62. The van der Waals surface area contributed by atoms with Crippen molar-refractivity contribution in [1.29, 1.82) is 0 Å². The first-order valence-corrected chi connectivity index (χ1v) is 6.62. The number of rotatable bonds is 7. The summed E-state index contributed by atoms with van der Waals surface area (Å²) in [5.74, 6) is -0.326. The smallest absolute Gasteiger partial charge is 0.271 e. The number of nitrogens with zero attached hydrogens (tertiary/aromatic N) is 2. The standard InChI is InChI=1S/C13H21N3O3/c1-3-9-16-12(18)6-5-11(15-16)13(19)14-8-7-10(17)4-2/h5-6,10,17H,3-4,7-9H2,1-2H3,(H,14,19). The first-order valence-electron chi connectivity index (χ1n) is 6.62. The van der Waals surface area contributed by atoms with Crippen molar-refractivity contribution in [1.82, 2.24) is 15.1 Å². The monoisotopic (exact) mass is 267 g/mol. The van der Waals surface area contributed by atoms with Crippen LogP contribution in [0.4, 0.5) is 0 Å². The summed E-state index contributed by atoms with van der Waals surface area (Å²) >= 11 is 0. The minimum absolute atomic E-state index is 0.209. The number of nitrogens with one attached hydrogen (secondary N) is 1. The topological polar surface area (TPSA) is 84.2 Å². The molecule has 0 aromatic carbocycles. The number of amides is 1. The molecule has 0 saturated heterocycles. The molecule has 1 amide bonds. The van der Waals surface area contributed by atoms with Gasteiger partial charge in [-0.15, -0.1) is 0 Å². The lowest BCUT2D eigenvalue weighted by Crippen LogP contribution is -2.31. The van der Waals surface area contributed by atoms with E-state index in [1.165, 1.54) is 16.8 Å². The highest BCUT2D eigenvalue weighted by molar-refractivity contribution is 5.91. The molecule has 1 unspecified atom stereocenters. The van der Waals surface area contributed by atoms with E-state index in [0.29, 0.717) is 25.9 Å². The maximum absolute atomic E-state index is 11.8. The molecule has 1 rings (SSSR count). The number of carbonyl (C=O) groups is 1. The van der Waals surface area contributed by atoms with E-state index in [2.05, 4.69) is 10.4 Å². The average Bonchev–Trinajstić information content (AvgIpc) is 2.41. The number of aliphatic hydroxyl groups is 1. The number of hydrogen-bond acceptors (Lipinski definition) is 4. The molecule has 106 valence electrons. The van der Waals surface area contributed by atoms with Gasteiger partial charge in [0.2, 0.25) is 0 Å². The molecular weight excluding hydrogens is 246 g/mol. The van der Waals surface area contributed by atoms with E-state index in [1.54, 1.807) is 0 Å². The molecule has 0 spiro atoms. The molecule has 6 heteroatoms. The Kier molecular flexibility index (Phi) is 6.21. The highest BCUT2D eigenvalue weighted by Gasteiger charge is 2.09. The Morgan fingerprint density at radius 2 is 2.21 bits per heavy atom. The van der Waals surface area contributed by atoms with Crippen molar-refractivity contribution in [2.24, 2.45) is 0 Å². The predicted octanol–water partition coefficient (Wildman–Crippen LogP) is 0.544. The van der Waals surface area contributed by atoms with Gasteiger partial charge in [-0.05, 0) is 25.3 Å². The Labute approximate surface area is 112 Å². The van der Waals surface area contributed by atoms with E-state index in [0.717, 1.165) is 6.42 Å². The van der Waals surface area contributed by atoms with Crippen LogP contribution >= 0.6 is 0 Å². The van der Waals surface area contributed by atoms with Crippen molar-refractivity contribution in [3.05, 3.63) is 28.2 Å². The molecule has 0 aliphatic rings. The van der Waals surface area contributed by atoms with Crippen molar-refractivity contribution in [2.75, 3.05) is 6.54 Å². The Bertz CT molecular complexity index is 470. The van der Waals surface area contributed by atoms with Crippen LogP contribution < -0.4 is 10.9 Å². The lowest BCUT2D eigenvalue weighted by molar-refractivity contribution is 0.0934. The predicted molar refractivity (Wildman–Crippen MR) is 72.0 cm³/mol. The third-order valence-electron chi connectivity index (χ3n) is 2.77. The summed E-state index contributed by atoms with van der Waals surface area (Å²) in [5, 5.41) is 16.1. The van der Waals surface area contributed by atoms with Crippen LogP contribution in [0.3, 0.4) is 0 Å². The van der Waals surface area contributed by atoms with E-state index in [9.17, 15) is 14.7 Å². The van der Waals surface area contributed by atoms with Crippen LogP contribution in [0.25, 0.3) is 0 Å². The van der Waals surface area contributed by atoms with Gasteiger partial charge < -0.3 is 10.4 Å². The number of carbonyl (C=O) groups excluding carboxylic acids is 1. The van der Waals surface area contributed by atoms with E-state index >= 15 is 0 Å². The highest BCUT2D eigenvalue weighted by Crippen LogP contribution is 1.96. The Morgan fingerprint density at radius 3 is 2.84 bits per heavy atom. The number of hydrogen-bond donors (Lipinski definition) is 2. The Morgan fingerprint density at radius 1 is 1.47 bits per heavy atom. The van der Waals surface area contributed by atoms with Crippen LogP contribution in [0.5, 0.6) is 0 Å². The van der Waals surface area contributed by atoms with E-state index in [-0.39, 0.29) is 17.2 Å². The average molecular weight is 267 g/mol. The van der Waals surface area contributed by atoms with Gasteiger partial charge in [-0.3, -0.25) is 9.59 Å². The zero-order chi connectivity index (χ0) is 14.3. The van der Waals surface area contributed by atoms with E-state index in [4.69, 9.17) is 0 Å². The molecule has 2 N–H and O–H groups in total. The van der Waals surface area contributed by atoms with Gasteiger partial charge in [0.25, 0.3) is 11.5 Å². The molecule has 1 heterocycles.